The fraction of sp³-hybridized carbons (Fsp3) is 0.333. The van der Waals surface area contributed by atoms with Gasteiger partial charge in [0, 0.05) is 24.5 Å². The molecule has 0 radical (unpaired) electrons. The number of rotatable bonds is 8. The van der Waals surface area contributed by atoms with Crippen molar-refractivity contribution >= 4 is 5.91 Å². The van der Waals surface area contributed by atoms with E-state index in [4.69, 9.17) is 10.7 Å². The minimum Gasteiger partial charge on any atom is -0.352 e. The van der Waals surface area contributed by atoms with Gasteiger partial charge in [-0.3, -0.25) is 9.78 Å². The molecule has 3 aromatic rings. The number of amides is 1. The molecule has 0 unspecified atom stereocenters. The van der Waals surface area contributed by atoms with Gasteiger partial charge in [0.05, 0.1) is 6.42 Å². The van der Waals surface area contributed by atoms with Crippen LogP contribution in [-0.2, 0) is 30.7 Å². The van der Waals surface area contributed by atoms with Crippen molar-refractivity contribution < 1.29 is 4.79 Å². The SMILES string of the molecule is Cc1ccc(-c2c(CC(=O)NCc3ccccc3)c(C)nc(CC(C)C)c2CN)cc1. The molecule has 4 nitrogen and oxygen atoms in total. The summed E-state index contributed by atoms with van der Waals surface area (Å²) >= 11 is 0. The normalized spacial score (nSPS) is 11.0. The molecule has 0 aliphatic rings. The van der Waals surface area contributed by atoms with E-state index < -0.39 is 0 Å². The average molecular weight is 416 g/mol. The van der Waals surface area contributed by atoms with Gasteiger partial charge in [-0.1, -0.05) is 74.0 Å². The third-order valence-electron chi connectivity index (χ3n) is 5.51. The number of hydrogen-bond donors (Lipinski definition) is 2. The Hall–Kier alpha value is -2.98. The van der Waals surface area contributed by atoms with E-state index in [-0.39, 0.29) is 12.3 Å². The first-order valence-corrected chi connectivity index (χ1v) is 11.0. The molecule has 0 bridgehead atoms. The number of hydrogen-bond acceptors (Lipinski definition) is 3. The summed E-state index contributed by atoms with van der Waals surface area (Å²) in [6, 6.07) is 18.4. The van der Waals surface area contributed by atoms with Crippen molar-refractivity contribution in [2.75, 3.05) is 0 Å². The lowest BCUT2D eigenvalue weighted by Gasteiger charge is -2.21. The Bertz CT molecular complexity index is 1020. The Morgan fingerprint density at radius 1 is 1.00 bits per heavy atom. The number of nitrogens with zero attached hydrogens (tertiary/aromatic N) is 1. The molecule has 0 fully saturated rings. The number of pyridine rings is 1. The zero-order valence-corrected chi connectivity index (χ0v) is 19.0. The van der Waals surface area contributed by atoms with Gasteiger partial charge in [0.25, 0.3) is 0 Å². The first-order valence-electron chi connectivity index (χ1n) is 11.0. The predicted octanol–water partition coefficient (Wildman–Crippen LogP) is 4.88. The van der Waals surface area contributed by atoms with Crippen LogP contribution in [0.5, 0.6) is 0 Å². The number of carbonyl (C=O) groups excluding carboxylic acids is 1. The Kier molecular flexibility index (Phi) is 7.59. The van der Waals surface area contributed by atoms with Crippen molar-refractivity contribution in [3.05, 3.63) is 88.2 Å². The third kappa shape index (κ3) is 5.80. The summed E-state index contributed by atoms with van der Waals surface area (Å²) in [5, 5.41) is 3.05. The van der Waals surface area contributed by atoms with E-state index in [0.717, 1.165) is 45.6 Å². The van der Waals surface area contributed by atoms with Gasteiger partial charge < -0.3 is 11.1 Å². The Labute approximate surface area is 185 Å². The fourth-order valence-electron chi connectivity index (χ4n) is 3.92. The summed E-state index contributed by atoms with van der Waals surface area (Å²) in [5.74, 6) is 0.463. The number of aromatic nitrogens is 1. The van der Waals surface area contributed by atoms with Gasteiger partial charge in [-0.2, -0.15) is 0 Å². The maximum Gasteiger partial charge on any atom is 0.224 e. The largest absolute Gasteiger partial charge is 0.352 e. The van der Waals surface area contributed by atoms with E-state index in [1.807, 2.05) is 37.3 Å². The average Bonchev–Trinajstić information content (AvgIpc) is 2.75. The fourth-order valence-corrected chi connectivity index (χ4v) is 3.92. The zero-order valence-electron chi connectivity index (χ0n) is 19.0. The van der Waals surface area contributed by atoms with Crippen LogP contribution in [0.4, 0.5) is 0 Å². The van der Waals surface area contributed by atoms with Gasteiger partial charge >= 0.3 is 0 Å². The molecule has 31 heavy (non-hydrogen) atoms. The third-order valence-corrected chi connectivity index (χ3v) is 5.51. The maximum atomic E-state index is 12.9. The van der Waals surface area contributed by atoms with Crippen LogP contribution in [0.3, 0.4) is 0 Å². The number of benzene rings is 2. The summed E-state index contributed by atoms with van der Waals surface area (Å²) < 4.78 is 0. The predicted molar refractivity (Wildman–Crippen MR) is 128 cm³/mol. The van der Waals surface area contributed by atoms with Crippen molar-refractivity contribution in [3.8, 4) is 11.1 Å². The number of nitrogens with two attached hydrogens (primary N) is 1. The van der Waals surface area contributed by atoms with Crippen molar-refractivity contribution in [2.24, 2.45) is 11.7 Å². The molecule has 162 valence electrons. The summed E-state index contributed by atoms with van der Waals surface area (Å²) in [7, 11) is 0. The molecule has 1 amide bonds. The zero-order chi connectivity index (χ0) is 22.4. The first-order chi connectivity index (χ1) is 14.9. The minimum atomic E-state index is -0.0123. The monoisotopic (exact) mass is 415 g/mol. The molecule has 3 rings (SSSR count). The molecule has 3 N–H and O–H groups in total. The lowest BCUT2D eigenvalue weighted by atomic mass is 9.88. The Morgan fingerprint density at radius 3 is 2.29 bits per heavy atom. The molecule has 1 heterocycles. The van der Waals surface area contributed by atoms with Gasteiger partial charge in [-0.15, -0.1) is 0 Å². The van der Waals surface area contributed by atoms with Crippen LogP contribution in [0, 0.1) is 19.8 Å². The standard InChI is InChI=1S/C27H33N3O/c1-18(2)14-25-24(16-28)27(22-12-10-19(3)11-13-22)23(20(4)30-25)15-26(31)29-17-21-8-6-5-7-9-21/h5-13,18H,14-17,28H2,1-4H3,(H,29,31). The Balaban J connectivity index is 1.99. The van der Waals surface area contributed by atoms with Crippen LogP contribution in [0.15, 0.2) is 54.6 Å². The van der Waals surface area contributed by atoms with Gasteiger partial charge in [0.15, 0.2) is 0 Å². The maximum absolute atomic E-state index is 12.9. The molecule has 0 atom stereocenters. The highest BCUT2D eigenvalue weighted by atomic mass is 16.1. The van der Waals surface area contributed by atoms with Crippen LogP contribution in [-0.4, -0.2) is 10.9 Å². The van der Waals surface area contributed by atoms with Crippen molar-refractivity contribution in [2.45, 2.75) is 53.6 Å². The van der Waals surface area contributed by atoms with Crippen LogP contribution < -0.4 is 11.1 Å². The molecule has 0 aliphatic heterocycles. The molecule has 0 saturated heterocycles. The van der Waals surface area contributed by atoms with E-state index >= 15 is 0 Å². The molecule has 1 aromatic heterocycles. The molecular formula is C27H33N3O. The van der Waals surface area contributed by atoms with Crippen LogP contribution in [0.2, 0.25) is 0 Å². The van der Waals surface area contributed by atoms with Crippen LogP contribution in [0.25, 0.3) is 11.1 Å². The molecule has 2 aromatic carbocycles. The lowest BCUT2D eigenvalue weighted by molar-refractivity contribution is -0.120. The highest BCUT2D eigenvalue weighted by Crippen LogP contribution is 2.33. The summed E-state index contributed by atoms with van der Waals surface area (Å²) in [6.45, 7) is 9.37. The van der Waals surface area contributed by atoms with Crippen molar-refractivity contribution in [1.82, 2.24) is 10.3 Å². The second-order valence-corrected chi connectivity index (χ2v) is 8.58. The number of nitrogens with one attached hydrogen (secondary N) is 1. The second kappa shape index (κ2) is 10.4. The summed E-state index contributed by atoms with van der Waals surface area (Å²) in [6.07, 6.45) is 1.15. The molecular weight excluding hydrogens is 382 g/mol. The van der Waals surface area contributed by atoms with Crippen molar-refractivity contribution in [1.29, 1.82) is 0 Å². The Morgan fingerprint density at radius 2 is 1.68 bits per heavy atom. The van der Waals surface area contributed by atoms with Gasteiger partial charge in [0.2, 0.25) is 5.91 Å². The first kappa shape index (κ1) is 22.7. The van der Waals surface area contributed by atoms with Gasteiger partial charge in [-0.25, -0.2) is 0 Å². The summed E-state index contributed by atoms with van der Waals surface area (Å²) in [5.41, 5.74) is 14.6. The van der Waals surface area contributed by atoms with E-state index in [1.165, 1.54) is 5.56 Å². The van der Waals surface area contributed by atoms with Crippen LogP contribution >= 0.6 is 0 Å². The molecule has 0 spiro atoms. The van der Waals surface area contributed by atoms with E-state index in [2.05, 4.69) is 50.4 Å². The number of carbonyl (C=O) groups is 1. The van der Waals surface area contributed by atoms with E-state index in [9.17, 15) is 4.79 Å². The van der Waals surface area contributed by atoms with Crippen molar-refractivity contribution in [3.63, 3.8) is 0 Å². The molecule has 4 heteroatoms. The minimum absolute atomic E-state index is 0.0123. The van der Waals surface area contributed by atoms with E-state index in [0.29, 0.717) is 19.0 Å². The van der Waals surface area contributed by atoms with E-state index in [1.54, 1.807) is 0 Å². The van der Waals surface area contributed by atoms with Gasteiger partial charge in [-0.05, 0) is 54.0 Å². The molecule has 0 saturated carbocycles. The molecule has 0 aliphatic carbocycles. The topological polar surface area (TPSA) is 68.0 Å². The summed E-state index contributed by atoms with van der Waals surface area (Å²) in [4.78, 5) is 17.8. The highest BCUT2D eigenvalue weighted by molar-refractivity contribution is 5.83. The lowest BCUT2D eigenvalue weighted by Crippen LogP contribution is -2.26. The van der Waals surface area contributed by atoms with Crippen LogP contribution in [0.1, 0.15) is 47.5 Å². The number of aryl methyl sites for hydroxylation is 2. The van der Waals surface area contributed by atoms with Gasteiger partial charge in [0.1, 0.15) is 0 Å². The highest BCUT2D eigenvalue weighted by Gasteiger charge is 2.21. The quantitative estimate of drug-likeness (QED) is 0.551. The smallest absolute Gasteiger partial charge is 0.224 e. The second-order valence-electron chi connectivity index (χ2n) is 8.58.